The van der Waals surface area contributed by atoms with Gasteiger partial charge in [-0.2, -0.15) is 0 Å². The number of hydrogen-bond donors (Lipinski definition) is 0. The van der Waals surface area contributed by atoms with Gasteiger partial charge >= 0.3 is 0 Å². The standard InChI is InChI=1S/C18H15ClFN5O/c1-26-15-8-12(7-13(19)16(15)20)25-6-3-14-11(10-25)9-23-18(24-14)17-21-4-2-5-22-17/h2,4-5,7-9H,3,6,10H2,1H3. The van der Waals surface area contributed by atoms with Crippen molar-refractivity contribution in [3.63, 3.8) is 0 Å². The highest BCUT2D eigenvalue weighted by atomic mass is 35.5. The van der Waals surface area contributed by atoms with Crippen molar-refractivity contribution in [1.82, 2.24) is 19.9 Å². The van der Waals surface area contributed by atoms with Crippen molar-refractivity contribution in [3.8, 4) is 17.4 Å². The van der Waals surface area contributed by atoms with Gasteiger partial charge in [0.05, 0.1) is 17.8 Å². The molecule has 1 aliphatic rings. The molecule has 0 amide bonds. The first-order valence-electron chi connectivity index (χ1n) is 8.06. The largest absolute Gasteiger partial charge is 0.494 e. The van der Waals surface area contributed by atoms with Gasteiger partial charge in [0.2, 0.25) is 0 Å². The molecular weight excluding hydrogens is 357 g/mol. The summed E-state index contributed by atoms with van der Waals surface area (Å²) in [5, 5.41) is 0.0398. The number of methoxy groups -OCH3 is 1. The quantitative estimate of drug-likeness (QED) is 0.704. The first-order valence-corrected chi connectivity index (χ1v) is 8.43. The highest BCUT2D eigenvalue weighted by Crippen LogP contribution is 2.33. The Morgan fingerprint density at radius 1 is 1.15 bits per heavy atom. The van der Waals surface area contributed by atoms with Crippen LogP contribution in [-0.2, 0) is 13.0 Å². The van der Waals surface area contributed by atoms with E-state index in [9.17, 15) is 4.39 Å². The number of hydrogen-bond acceptors (Lipinski definition) is 6. The number of nitrogens with zero attached hydrogens (tertiary/aromatic N) is 5. The summed E-state index contributed by atoms with van der Waals surface area (Å²) >= 11 is 5.99. The lowest BCUT2D eigenvalue weighted by molar-refractivity contribution is 0.386. The van der Waals surface area contributed by atoms with Crippen molar-refractivity contribution in [2.45, 2.75) is 13.0 Å². The van der Waals surface area contributed by atoms with Crippen LogP contribution in [0.5, 0.6) is 5.75 Å². The van der Waals surface area contributed by atoms with Crippen LogP contribution in [0.1, 0.15) is 11.3 Å². The zero-order chi connectivity index (χ0) is 18.1. The third-order valence-electron chi connectivity index (χ3n) is 4.26. The van der Waals surface area contributed by atoms with Gasteiger partial charge in [0.15, 0.2) is 23.2 Å². The van der Waals surface area contributed by atoms with E-state index >= 15 is 0 Å². The third-order valence-corrected chi connectivity index (χ3v) is 4.54. The van der Waals surface area contributed by atoms with Crippen LogP contribution >= 0.6 is 11.6 Å². The van der Waals surface area contributed by atoms with Crippen LogP contribution < -0.4 is 9.64 Å². The molecule has 8 heteroatoms. The Morgan fingerprint density at radius 3 is 2.73 bits per heavy atom. The molecule has 3 heterocycles. The van der Waals surface area contributed by atoms with Gasteiger partial charge < -0.3 is 9.64 Å². The average Bonchev–Trinajstić information content (AvgIpc) is 2.69. The van der Waals surface area contributed by atoms with E-state index in [4.69, 9.17) is 16.3 Å². The van der Waals surface area contributed by atoms with Crippen molar-refractivity contribution in [3.05, 3.63) is 58.9 Å². The number of aromatic nitrogens is 4. The summed E-state index contributed by atoms with van der Waals surface area (Å²) in [5.74, 6) is 0.606. The van der Waals surface area contributed by atoms with Crippen LogP contribution in [0.3, 0.4) is 0 Å². The molecule has 6 nitrogen and oxygen atoms in total. The first-order chi connectivity index (χ1) is 12.7. The highest BCUT2D eigenvalue weighted by molar-refractivity contribution is 6.31. The molecule has 0 N–H and O–H groups in total. The second kappa shape index (κ2) is 6.84. The summed E-state index contributed by atoms with van der Waals surface area (Å²) in [4.78, 5) is 19.5. The Bertz CT molecular complexity index is 954. The fraction of sp³-hybridized carbons (Fsp3) is 0.222. The molecule has 0 saturated heterocycles. The van der Waals surface area contributed by atoms with Crippen LogP contribution in [-0.4, -0.2) is 33.6 Å². The molecule has 0 saturated carbocycles. The SMILES string of the molecule is COc1cc(N2CCc3nc(-c4ncccn4)ncc3C2)cc(Cl)c1F. The molecule has 2 aromatic heterocycles. The summed E-state index contributed by atoms with van der Waals surface area (Å²) in [6.45, 7) is 1.33. The van der Waals surface area contributed by atoms with Gasteiger partial charge in [-0.05, 0) is 12.1 Å². The third kappa shape index (κ3) is 3.06. The summed E-state index contributed by atoms with van der Waals surface area (Å²) in [6, 6.07) is 5.01. The van der Waals surface area contributed by atoms with Crippen molar-refractivity contribution < 1.29 is 9.13 Å². The van der Waals surface area contributed by atoms with Gasteiger partial charge in [0, 0.05) is 55.4 Å². The van der Waals surface area contributed by atoms with Gasteiger partial charge in [-0.1, -0.05) is 11.6 Å². The summed E-state index contributed by atoms with van der Waals surface area (Å²) < 4.78 is 19.0. The number of fused-ring (bicyclic) bond motifs is 1. The maximum absolute atomic E-state index is 13.9. The topological polar surface area (TPSA) is 64.0 Å². The zero-order valence-corrected chi connectivity index (χ0v) is 14.7. The molecule has 4 rings (SSSR count). The highest BCUT2D eigenvalue weighted by Gasteiger charge is 2.21. The van der Waals surface area contributed by atoms with Crippen molar-refractivity contribution >= 4 is 17.3 Å². The minimum Gasteiger partial charge on any atom is -0.494 e. The smallest absolute Gasteiger partial charge is 0.197 e. The Morgan fingerprint density at radius 2 is 1.96 bits per heavy atom. The summed E-state index contributed by atoms with van der Waals surface area (Å²) in [6.07, 6.45) is 5.86. The van der Waals surface area contributed by atoms with Crippen LogP contribution in [0.15, 0.2) is 36.8 Å². The second-order valence-electron chi connectivity index (χ2n) is 5.85. The lowest BCUT2D eigenvalue weighted by atomic mass is 10.1. The normalized spacial score (nSPS) is 13.4. The second-order valence-corrected chi connectivity index (χ2v) is 6.26. The lowest BCUT2D eigenvalue weighted by Crippen LogP contribution is -2.31. The van der Waals surface area contributed by atoms with E-state index in [0.717, 1.165) is 29.9 Å². The van der Waals surface area contributed by atoms with Crippen LogP contribution in [0, 0.1) is 5.82 Å². The van der Waals surface area contributed by atoms with Gasteiger partial charge in [0.25, 0.3) is 0 Å². The van der Waals surface area contributed by atoms with E-state index in [1.165, 1.54) is 7.11 Å². The first kappa shape index (κ1) is 16.7. The molecule has 0 radical (unpaired) electrons. The number of ether oxygens (including phenoxy) is 1. The summed E-state index contributed by atoms with van der Waals surface area (Å²) in [7, 11) is 1.42. The molecule has 3 aromatic rings. The predicted octanol–water partition coefficient (Wildman–Crippen LogP) is 3.30. The molecule has 26 heavy (non-hydrogen) atoms. The molecule has 132 valence electrons. The number of rotatable bonds is 3. The molecule has 0 fully saturated rings. The molecule has 0 unspecified atom stereocenters. The van der Waals surface area contributed by atoms with Crippen molar-refractivity contribution in [2.24, 2.45) is 0 Å². The molecule has 1 aromatic carbocycles. The number of anilines is 1. The van der Waals surface area contributed by atoms with Crippen LogP contribution in [0.25, 0.3) is 11.6 Å². The maximum atomic E-state index is 13.9. The van der Waals surface area contributed by atoms with E-state index in [1.54, 1.807) is 36.8 Å². The van der Waals surface area contributed by atoms with Crippen molar-refractivity contribution in [1.29, 1.82) is 0 Å². The Balaban J connectivity index is 1.62. The van der Waals surface area contributed by atoms with Gasteiger partial charge in [0.1, 0.15) is 0 Å². The number of benzene rings is 1. The molecule has 0 atom stereocenters. The van der Waals surface area contributed by atoms with E-state index in [1.807, 2.05) is 0 Å². The van der Waals surface area contributed by atoms with E-state index in [2.05, 4.69) is 24.8 Å². The fourth-order valence-electron chi connectivity index (χ4n) is 2.94. The fourth-order valence-corrected chi connectivity index (χ4v) is 3.15. The van der Waals surface area contributed by atoms with Crippen molar-refractivity contribution in [2.75, 3.05) is 18.6 Å². The van der Waals surface area contributed by atoms with Gasteiger partial charge in [-0.25, -0.2) is 24.3 Å². The minimum absolute atomic E-state index is 0.0398. The van der Waals surface area contributed by atoms with Crippen LogP contribution in [0.4, 0.5) is 10.1 Å². The Kier molecular flexibility index (Phi) is 4.38. The number of halogens is 2. The minimum atomic E-state index is -0.550. The van der Waals surface area contributed by atoms with E-state index < -0.39 is 5.82 Å². The van der Waals surface area contributed by atoms with Gasteiger partial charge in [-0.3, -0.25) is 0 Å². The maximum Gasteiger partial charge on any atom is 0.197 e. The molecule has 0 aliphatic carbocycles. The molecular formula is C18H15ClFN5O. The zero-order valence-electron chi connectivity index (χ0n) is 14.0. The van der Waals surface area contributed by atoms with Gasteiger partial charge in [-0.15, -0.1) is 0 Å². The molecule has 0 bridgehead atoms. The van der Waals surface area contributed by atoms with E-state index in [-0.39, 0.29) is 10.8 Å². The molecule has 0 spiro atoms. The predicted molar refractivity (Wildman–Crippen MR) is 95.8 cm³/mol. The van der Waals surface area contributed by atoms with Crippen LogP contribution in [0.2, 0.25) is 5.02 Å². The Labute approximate surface area is 154 Å². The molecule has 1 aliphatic heterocycles. The Hall–Kier alpha value is -2.80. The summed E-state index contributed by atoms with van der Waals surface area (Å²) in [5.41, 5.74) is 2.78. The monoisotopic (exact) mass is 371 g/mol. The average molecular weight is 372 g/mol. The van der Waals surface area contributed by atoms with E-state index in [0.29, 0.717) is 18.2 Å². The lowest BCUT2D eigenvalue weighted by Gasteiger charge is -2.30.